The molecule has 0 unspecified atom stereocenters. The number of carboxylic acids is 1. The molecule has 0 bridgehead atoms. The Morgan fingerprint density at radius 2 is 1.73 bits per heavy atom. The maximum Gasteiger partial charge on any atom is 0.303 e. The SMILES string of the molecule is CCCOc1ccc(C(=O)CCCC(=O)O)c(OCCC)c1. The molecule has 1 aromatic rings. The van der Waals surface area contributed by atoms with Gasteiger partial charge in [0.05, 0.1) is 18.8 Å². The van der Waals surface area contributed by atoms with Crippen molar-refractivity contribution in [3.8, 4) is 11.5 Å². The number of carbonyl (C=O) groups excluding carboxylic acids is 1. The molecular formula is C17H24O5. The number of Topliss-reactive ketones (excluding diaryl/α,β-unsaturated/α-hetero) is 1. The van der Waals surface area contributed by atoms with Crippen molar-refractivity contribution in [2.75, 3.05) is 13.2 Å². The molecule has 0 saturated heterocycles. The van der Waals surface area contributed by atoms with E-state index in [1.54, 1.807) is 18.2 Å². The van der Waals surface area contributed by atoms with Gasteiger partial charge in [0.15, 0.2) is 5.78 Å². The molecule has 0 aliphatic rings. The molecule has 1 rings (SSSR count). The summed E-state index contributed by atoms with van der Waals surface area (Å²) in [5, 5.41) is 8.63. The number of hydrogen-bond donors (Lipinski definition) is 1. The van der Waals surface area contributed by atoms with Crippen LogP contribution < -0.4 is 9.47 Å². The fourth-order valence-electron chi connectivity index (χ4n) is 1.91. The van der Waals surface area contributed by atoms with Gasteiger partial charge in [-0.15, -0.1) is 0 Å². The number of aliphatic carboxylic acids is 1. The average molecular weight is 308 g/mol. The number of ketones is 1. The lowest BCUT2D eigenvalue weighted by Crippen LogP contribution is -2.07. The lowest BCUT2D eigenvalue weighted by atomic mass is 10.0. The van der Waals surface area contributed by atoms with Crippen LogP contribution in [0.25, 0.3) is 0 Å². The summed E-state index contributed by atoms with van der Waals surface area (Å²) in [6.07, 6.45) is 2.27. The van der Waals surface area contributed by atoms with Gasteiger partial charge in [-0.25, -0.2) is 0 Å². The van der Waals surface area contributed by atoms with Crippen LogP contribution in [0.5, 0.6) is 11.5 Å². The molecule has 0 amide bonds. The largest absolute Gasteiger partial charge is 0.493 e. The third-order valence-electron chi connectivity index (χ3n) is 2.98. The van der Waals surface area contributed by atoms with E-state index >= 15 is 0 Å². The van der Waals surface area contributed by atoms with Crippen molar-refractivity contribution in [3.05, 3.63) is 23.8 Å². The predicted molar refractivity (Wildman–Crippen MR) is 83.8 cm³/mol. The number of ether oxygens (including phenoxy) is 2. The Morgan fingerprint density at radius 3 is 2.36 bits per heavy atom. The molecule has 1 aromatic carbocycles. The number of rotatable bonds is 11. The zero-order valence-electron chi connectivity index (χ0n) is 13.3. The van der Waals surface area contributed by atoms with E-state index in [1.807, 2.05) is 13.8 Å². The Hall–Kier alpha value is -2.04. The Kier molecular flexibility index (Phi) is 8.04. The molecular weight excluding hydrogens is 284 g/mol. The molecule has 0 aliphatic carbocycles. The van der Waals surface area contributed by atoms with Gasteiger partial charge in [-0.05, 0) is 31.4 Å². The zero-order chi connectivity index (χ0) is 16.4. The molecule has 0 fully saturated rings. The lowest BCUT2D eigenvalue weighted by molar-refractivity contribution is -0.137. The third-order valence-corrected chi connectivity index (χ3v) is 2.98. The van der Waals surface area contributed by atoms with Crippen LogP contribution in [0.3, 0.4) is 0 Å². The Balaban J connectivity index is 2.81. The van der Waals surface area contributed by atoms with E-state index in [4.69, 9.17) is 14.6 Å². The minimum absolute atomic E-state index is 0.00537. The van der Waals surface area contributed by atoms with Crippen LogP contribution in [0.15, 0.2) is 18.2 Å². The van der Waals surface area contributed by atoms with Gasteiger partial charge in [0.25, 0.3) is 0 Å². The smallest absolute Gasteiger partial charge is 0.303 e. The van der Waals surface area contributed by atoms with Crippen LogP contribution in [0, 0.1) is 0 Å². The summed E-state index contributed by atoms with van der Waals surface area (Å²) in [4.78, 5) is 22.7. The van der Waals surface area contributed by atoms with E-state index in [9.17, 15) is 9.59 Å². The zero-order valence-corrected chi connectivity index (χ0v) is 13.3. The fourth-order valence-corrected chi connectivity index (χ4v) is 1.91. The van der Waals surface area contributed by atoms with Gasteiger partial charge >= 0.3 is 5.97 Å². The summed E-state index contributed by atoms with van der Waals surface area (Å²) in [6.45, 7) is 5.15. The van der Waals surface area contributed by atoms with Gasteiger partial charge in [0, 0.05) is 18.9 Å². The molecule has 0 aliphatic heterocycles. The van der Waals surface area contributed by atoms with E-state index in [-0.39, 0.29) is 18.6 Å². The molecule has 122 valence electrons. The Bertz CT molecular complexity index is 496. The highest BCUT2D eigenvalue weighted by Crippen LogP contribution is 2.27. The van der Waals surface area contributed by atoms with Gasteiger partial charge in [0.1, 0.15) is 11.5 Å². The average Bonchev–Trinajstić information content (AvgIpc) is 2.50. The summed E-state index contributed by atoms with van der Waals surface area (Å²) in [5.74, 6) is 0.193. The van der Waals surface area contributed by atoms with Crippen molar-refractivity contribution < 1.29 is 24.2 Å². The van der Waals surface area contributed by atoms with E-state index in [0.717, 1.165) is 12.8 Å². The summed E-state index contributed by atoms with van der Waals surface area (Å²) in [5.41, 5.74) is 0.489. The summed E-state index contributed by atoms with van der Waals surface area (Å²) < 4.78 is 11.2. The van der Waals surface area contributed by atoms with Crippen LogP contribution in [0.4, 0.5) is 0 Å². The van der Waals surface area contributed by atoms with Crippen LogP contribution in [0.1, 0.15) is 56.3 Å². The van der Waals surface area contributed by atoms with E-state index in [2.05, 4.69) is 0 Å². The molecule has 0 spiro atoms. The van der Waals surface area contributed by atoms with Gasteiger partial charge in [-0.1, -0.05) is 13.8 Å². The highest BCUT2D eigenvalue weighted by Gasteiger charge is 2.14. The topological polar surface area (TPSA) is 72.8 Å². The second-order valence-corrected chi connectivity index (χ2v) is 5.03. The predicted octanol–water partition coefficient (Wildman–Crippen LogP) is 3.70. The first-order valence-corrected chi connectivity index (χ1v) is 7.73. The van der Waals surface area contributed by atoms with Crippen LogP contribution in [0.2, 0.25) is 0 Å². The van der Waals surface area contributed by atoms with E-state index < -0.39 is 5.97 Å². The Labute approximate surface area is 131 Å². The molecule has 5 heteroatoms. The minimum Gasteiger partial charge on any atom is -0.493 e. The number of carbonyl (C=O) groups is 2. The maximum absolute atomic E-state index is 12.2. The molecule has 0 heterocycles. The third kappa shape index (κ3) is 6.16. The van der Waals surface area contributed by atoms with Crippen molar-refractivity contribution in [1.29, 1.82) is 0 Å². The second kappa shape index (κ2) is 9.82. The first-order chi connectivity index (χ1) is 10.6. The summed E-state index contributed by atoms with van der Waals surface area (Å²) >= 11 is 0. The first kappa shape index (κ1) is 18.0. The molecule has 5 nitrogen and oxygen atoms in total. The van der Waals surface area contributed by atoms with Crippen molar-refractivity contribution in [3.63, 3.8) is 0 Å². The minimum atomic E-state index is -0.890. The van der Waals surface area contributed by atoms with Gasteiger partial charge in [-0.2, -0.15) is 0 Å². The van der Waals surface area contributed by atoms with Gasteiger partial charge < -0.3 is 14.6 Å². The van der Waals surface area contributed by atoms with E-state index in [1.165, 1.54) is 0 Å². The van der Waals surface area contributed by atoms with Crippen LogP contribution in [-0.4, -0.2) is 30.1 Å². The normalized spacial score (nSPS) is 10.3. The molecule has 0 atom stereocenters. The highest BCUT2D eigenvalue weighted by molar-refractivity contribution is 5.99. The molecule has 0 aromatic heterocycles. The number of carboxylic acid groups (broad SMARTS) is 1. The molecule has 1 N–H and O–H groups in total. The molecule has 22 heavy (non-hydrogen) atoms. The standard InChI is InChI=1S/C17H24O5/c1-3-10-21-13-8-9-14(16(12-13)22-11-4-2)15(18)6-5-7-17(19)20/h8-9,12H,3-7,10-11H2,1-2H3,(H,19,20). The van der Waals surface area contributed by atoms with Crippen molar-refractivity contribution in [2.24, 2.45) is 0 Å². The summed E-state index contributed by atoms with van der Waals surface area (Å²) in [7, 11) is 0. The van der Waals surface area contributed by atoms with Crippen LogP contribution in [-0.2, 0) is 4.79 Å². The van der Waals surface area contributed by atoms with Crippen molar-refractivity contribution in [1.82, 2.24) is 0 Å². The molecule has 0 radical (unpaired) electrons. The summed E-state index contributed by atoms with van der Waals surface area (Å²) in [6, 6.07) is 5.17. The number of benzene rings is 1. The van der Waals surface area contributed by atoms with E-state index in [0.29, 0.717) is 36.7 Å². The quantitative estimate of drug-likeness (QED) is 0.631. The number of hydrogen-bond acceptors (Lipinski definition) is 4. The maximum atomic E-state index is 12.2. The van der Waals surface area contributed by atoms with Crippen LogP contribution >= 0.6 is 0 Å². The Morgan fingerprint density at radius 1 is 1.05 bits per heavy atom. The lowest BCUT2D eigenvalue weighted by Gasteiger charge is -2.13. The van der Waals surface area contributed by atoms with Gasteiger partial charge in [-0.3, -0.25) is 9.59 Å². The van der Waals surface area contributed by atoms with Crippen molar-refractivity contribution >= 4 is 11.8 Å². The van der Waals surface area contributed by atoms with Gasteiger partial charge in [0.2, 0.25) is 0 Å². The fraction of sp³-hybridized carbons (Fsp3) is 0.529. The highest BCUT2D eigenvalue weighted by atomic mass is 16.5. The molecule has 0 saturated carbocycles. The second-order valence-electron chi connectivity index (χ2n) is 5.03. The van der Waals surface area contributed by atoms with Crippen molar-refractivity contribution in [2.45, 2.75) is 46.0 Å². The monoisotopic (exact) mass is 308 g/mol. The first-order valence-electron chi connectivity index (χ1n) is 7.73.